The predicted octanol–water partition coefficient (Wildman–Crippen LogP) is 0.819. The van der Waals surface area contributed by atoms with E-state index in [1.165, 1.54) is 32.3 Å². The number of benzene rings is 1. The van der Waals surface area contributed by atoms with Gasteiger partial charge in [-0.3, -0.25) is 0 Å². The second-order valence-electron chi connectivity index (χ2n) is 4.13. The van der Waals surface area contributed by atoms with Crippen LogP contribution in [0.15, 0.2) is 24.3 Å². The van der Waals surface area contributed by atoms with Crippen molar-refractivity contribution in [3.8, 4) is 0 Å². The third kappa shape index (κ3) is 4.72. The van der Waals surface area contributed by atoms with Crippen LogP contribution in [0, 0.1) is 5.82 Å². The first-order valence-electron chi connectivity index (χ1n) is 5.59. The van der Waals surface area contributed by atoms with Gasteiger partial charge in [-0.2, -0.15) is 17.4 Å². The van der Waals surface area contributed by atoms with Crippen LogP contribution in [0.3, 0.4) is 0 Å². The smallest absolute Gasteiger partial charge is 0.328 e. The Morgan fingerprint density at radius 3 is 2.65 bits per heavy atom. The van der Waals surface area contributed by atoms with Gasteiger partial charge in [0.2, 0.25) is 0 Å². The maximum absolute atomic E-state index is 13.6. The van der Waals surface area contributed by atoms with Gasteiger partial charge >= 0.3 is 5.97 Å². The average molecular weight is 302 g/mol. The third-order valence-corrected chi connectivity index (χ3v) is 3.88. The van der Waals surface area contributed by atoms with Crippen molar-refractivity contribution < 1.29 is 22.7 Å². The standard InChI is InChI=1S/C12H15FN2O4S/c1-15(2)20(18,19)14-8-10-7-9(3-5-11(10)13)4-6-12(16)17/h3-7,14H,8H2,1-2H3,(H,16,17). The number of rotatable bonds is 6. The molecule has 2 N–H and O–H groups in total. The zero-order valence-corrected chi connectivity index (χ0v) is 11.8. The second kappa shape index (κ2) is 6.60. The lowest BCUT2D eigenvalue weighted by atomic mass is 10.1. The van der Waals surface area contributed by atoms with Gasteiger partial charge in [0.15, 0.2) is 0 Å². The summed E-state index contributed by atoms with van der Waals surface area (Å²) in [5.74, 6) is -1.69. The minimum Gasteiger partial charge on any atom is -0.478 e. The molecule has 0 saturated carbocycles. The molecule has 20 heavy (non-hydrogen) atoms. The van der Waals surface area contributed by atoms with E-state index in [0.29, 0.717) is 5.56 Å². The fourth-order valence-corrected chi connectivity index (χ4v) is 1.90. The fraction of sp³-hybridized carbons (Fsp3) is 0.250. The van der Waals surface area contributed by atoms with Crippen LogP contribution in [-0.4, -0.2) is 37.9 Å². The van der Waals surface area contributed by atoms with Crippen molar-refractivity contribution in [2.24, 2.45) is 0 Å². The molecule has 1 aromatic rings. The summed E-state index contributed by atoms with van der Waals surface area (Å²) in [6.07, 6.45) is 2.22. The topological polar surface area (TPSA) is 86.7 Å². The Labute approximate surface area is 116 Å². The van der Waals surface area contributed by atoms with Crippen LogP contribution in [0.4, 0.5) is 4.39 Å². The Kier molecular flexibility index (Phi) is 5.37. The number of halogens is 1. The maximum atomic E-state index is 13.6. The van der Waals surface area contributed by atoms with Gasteiger partial charge < -0.3 is 5.11 Å². The molecule has 0 unspecified atom stereocenters. The summed E-state index contributed by atoms with van der Waals surface area (Å²) in [5.41, 5.74) is 0.593. The SMILES string of the molecule is CN(C)S(=O)(=O)NCc1cc(C=CC(=O)O)ccc1F. The highest BCUT2D eigenvalue weighted by Gasteiger charge is 2.13. The Hall–Kier alpha value is -1.77. The molecule has 0 bridgehead atoms. The number of hydrogen-bond acceptors (Lipinski definition) is 3. The lowest BCUT2D eigenvalue weighted by Crippen LogP contribution is -2.35. The van der Waals surface area contributed by atoms with E-state index < -0.39 is 22.0 Å². The predicted molar refractivity (Wildman–Crippen MR) is 72.5 cm³/mol. The average Bonchev–Trinajstić information content (AvgIpc) is 2.36. The summed E-state index contributed by atoms with van der Waals surface area (Å²) < 4.78 is 39.8. The molecule has 0 atom stereocenters. The first-order valence-corrected chi connectivity index (χ1v) is 7.03. The van der Waals surface area contributed by atoms with Crippen LogP contribution in [0.25, 0.3) is 6.08 Å². The molecule has 0 aliphatic carbocycles. The number of carbonyl (C=O) groups is 1. The zero-order chi connectivity index (χ0) is 15.3. The Bertz CT molecular complexity index is 626. The molecule has 0 heterocycles. The van der Waals surface area contributed by atoms with Crippen molar-refractivity contribution in [2.75, 3.05) is 14.1 Å². The van der Waals surface area contributed by atoms with Crippen molar-refractivity contribution in [3.05, 3.63) is 41.2 Å². The Morgan fingerprint density at radius 2 is 2.10 bits per heavy atom. The molecule has 0 fully saturated rings. The fourth-order valence-electron chi connectivity index (χ4n) is 1.30. The molecule has 0 aliphatic rings. The van der Waals surface area contributed by atoms with Crippen molar-refractivity contribution >= 4 is 22.3 Å². The van der Waals surface area contributed by atoms with Gasteiger partial charge in [-0.1, -0.05) is 6.07 Å². The molecule has 110 valence electrons. The first kappa shape index (κ1) is 16.3. The molecular weight excluding hydrogens is 287 g/mol. The van der Waals surface area contributed by atoms with E-state index in [2.05, 4.69) is 4.72 Å². The number of hydrogen-bond donors (Lipinski definition) is 2. The minimum absolute atomic E-state index is 0.128. The van der Waals surface area contributed by atoms with Gasteiger partial charge in [-0.15, -0.1) is 0 Å². The molecule has 1 rings (SSSR count). The highest BCUT2D eigenvalue weighted by atomic mass is 32.2. The normalized spacial score (nSPS) is 12.2. The first-order chi connectivity index (χ1) is 9.22. The van der Waals surface area contributed by atoms with E-state index in [1.807, 2.05) is 0 Å². The molecule has 6 nitrogen and oxygen atoms in total. The number of aliphatic carboxylic acids is 1. The minimum atomic E-state index is -3.65. The largest absolute Gasteiger partial charge is 0.478 e. The molecule has 1 aromatic carbocycles. The lowest BCUT2D eigenvalue weighted by molar-refractivity contribution is -0.131. The van der Waals surface area contributed by atoms with Gasteiger partial charge in [-0.25, -0.2) is 9.18 Å². The summed E-state index contributed by atoms with van der Waals surface area (Å²) in [6, 6.07) is 3.94. The van der Waals surface area contributed by atoms with E-state index in [9.17, 15) is 17.6 Å². The molecule has 0 aromatic heterocycles. The van der Waals surface area contributed by atoms with Gasteiger partial charge in [-0.05, 0) is 23.8 Å². The van der Waals surface area contributed by atoms with Crippen molar-refractivity contribution in [2.45, 2.75) is 6.54 Å². The molecule has 0 radical (unpaired) electrons. The molecule has 8 heteroatoms. The monoisotopic (exact) mass is 302 g/mol. The molecule has 0 amide bonds. The van der Waals surface area contributed by atoms with Crippen LogP contribution in [0.2, 0.25) is 0 Å². The second-order valence-corrected chi connectivity index (χ2v) is 6.10. The van der Waals surface area contributed by atoms with Gasteiger partial charge in [0.05, 0.1) is 0 Å². The van der Waals surface area contributed by atoms with E-state index in [1.54, 1.807) is 0 Å². The van der Waals surface area contributed by atoms with Crippen molar-refractivity contribution in [1.82, 2.24) is 9.03 Å². The molecule has 0 spiro atoms. The molecule has 0 saturated heterocycles. The summed E-state index contributed by atoms with van der Waals surface area (Å²) in [4.78, 5) is 10.4. The van der Waals surface area contributed by atoms with E-state index >= 15 is 0 Å². The van der Waals surface area contributed by atoms with Crippen LogP contribution in [0.5, 0.6) is 0 Å². The van der Waals surface area contributed by atoms with Crippen LogP contribution < -0.4 is 4.72 Å². The van der Waals surface area contributed by atoms with E-state index in [-0.39, 0.29) is 12.1 Å². The lowest BCUT2D eigenvalue weighted by Gasteiger charge is -2.12. The summed E-state index contributed by atoms with van der Waals surface area (Å²) in [5, 5.41) is 8.51. The molecular formula is C12H15FN2O4S. The summed E-state index contributed by atoms with van der Waals surface area (Å²) in [7, 11) is -0.943. The van der Waals surface area contributed by atoms with Gasteiger partial charge in [0, 0.05) is 32.3 Å². The van der Waals surface area contributed by atoms with E-state index in [4.69, 9.17) is 5.11 Å². The summed E-state index contributed by atoms with van der Waals surface area (Å²) in [6.45, 7) is -0.221. The number of carboxylic acid groups (broad SMARTS) is 1. The molecule has 0 aliphatic heterocycles. The van der Waals surface area contributed by atoms with E-state index in [0.717, 1.165) is 16.4 Å². The summed E-state index contributed by atoms with van der Waals surface area (Å²) >= 11 is 0. The highest BCUT2D eigenvalue weighted by molar-refractivity contribution is 7.87. The van der Waals surface area contributed by atoms with Crippen LogP contribution >= 0.6 is 0 Å². The van der Waals surface area contributed by atoms with Crippen molar-refractivity contribution in [1.29, 1.82) is 0 Å². The Balaban J connectivity index is 2.90. The maximum Gasteiger partial charge on any atom is 0.328 e. The zero-order valence-electron chi connectivity index (χ0n) is 11.0. The number of carboxylic acids is 1. The van der Waals surface area contributed by atoms with Gasteiger partial charge in [0.25, 0.3) is 10.2 Å². The third-order valence-electron chi connectivity index (χ3n) is 2.41. The number of nitrogens with zero attached hydrogens (tertiary/aromatic N) is 1. The Morgan fingerprint density at radius 1 is 1.45 bits per heavy atom. The quantitative estimate of drug-likeness (QED) is 0.762. The van der Waals surface area contributed by atoms with Crippen molar-refractivity contribution in [3.63, 3.8) is 0 Å². The van der Waals surface area contributed by atoms with Crippen LogP contribution in [-0.2, 0) is 21.5 Å². The van der Waals surface area contributed by atoms with Gasteiger partial charge in [0.1, 0.15) is 5.82 Å². The van der Waals surface area contributed by atoms with Crippen LogP contribution in [0.1, 0.15) is 11.1 Å². The number of nitrogens with one attached hydrogen (secondary N) is 1. The highest BCUT2D eigenvalue weighted by Crippen LogP contribution is 2.12.